The lowest BCUT2D eigenvalue weighted by atomic mass is 10.3. The Labute approximate surface area is 95.7 Å². The van der Waals surface area contributed by atoms with Gasteiger partial charge in [0, 0.05) is 16.9 Å². The predicted molar refractivity (Wildman–Crippen MR) is 61.5 cm³/mol. The largest absolute Gasteiger partial charge is 0.610 e. The normalized spacial score (nSPS) is 19.6. The van der Waals surface area contributed by atoms with Crippen molar-refractivity contribution in [3.8, 4) is 0 Å². The van der Waals surface area contributed by atoms with Crippen molar-refractivity contribution in [2.24, 2.45) is 5.16 Å². The molecule has 0 spiro atoms. The smallest absolute Gasteiger partial charge is 0.343 e. The van der Waals surface area contributed by atoms with Gasteiger partial charge in [-0.25, -0.2) is 0 Å². The van der Waals surface area contributed by atoms with Gasteiger partial charge >= 0.3 is 11.0 Å². The zero-order chi connectivity index (χ0) is 11.4. The van der Waals surface area contributed by atoms with Gasteiger partial charge in [-0.3, -0.25) is 4.79 Å². The number of nitrogens with zero attached hydrogens (tertiary/aromatic N) is 1. The molecule has 6 heteroatoms. The summed E-state index contributed by atoms with van der Waals surface area (Å²) in [7, 11) is 0. The van der Waals surface area contributed by atoms with E-state index < -0.39 is 17.1 Å². The number of amides is 1. The quantitative estimate of drug-likeness (QED) is 0.771. The molecular weight excluding hydrogens is 228 g/mol. The van der Waals surface area contributed by atoms with Crippen LogP contribution in [0.3, 0.4) is 0 Å². The Hall–Kier alpha value is -1.53. The van der Waals surface area contributed by atoms with Crippen molar-refractivity contribution in [3.63, 3.8) is 0 Å². The third-order valence-corrected chi connectivity index (χ3v) is 3.18. The van der Waals surface area contributed by atoms with Gasteiger partial charge < -0.3 is 14.7 Å². The second kappa shape index (κ2) is 5.00. The molecule has 0 bridgehead atoms. The molecule has 2 rings (SSSR count). The molecule has 0 radical (unpaired) electrons. The highest BCUT2D eigenvalue weighted by atomic mass is 32.2. The fraction of sp³-hybridized carbons (Fsp3) is 0.200. The maximum Gasteiger partial charge on any atom is 0.343 e. The van der Waals surface area contributed by atoms with Crippen LogP contribution < -0.4 is 5.32 Å². The van der Waals surface area contributed by atoms with E-state index in [9.17, 15) is 9.35 Å². The monoisotopic (exact) mass is 238 g/mol. The number of benzene rings is 1. The number of anilines is 1. The standard InChI is InChI=1S/C10H10N2O3S/c13-9(10-12-15-6-7-16(10)14)11-8-4-2-1-3-5-8/h1-5H,6-7H2,(H,11,13). The molecule has 1 aromatic rings. The lowest BCUT2D eigenvalue weighted by Crippen LogP contribution is -2.35. The first-order chi connectivity index (χ1) is 7.77. The number of nitrogens with one attached hydrogen (secondary N) is 1. The predicted octanol–water partition coefficient (Wildman–Crippen LogP) is 0.718. The molecular formula is C10H10N2O3S. The Morgan fingerprint density at radius 2 is 2.19 bits per heavy atom. The summed E-state index contributed by atoms with van der Waals surface area (Å²) in [6.07, 6.45) is 0. The van der Waals surface area contributed by atoms with Crippen molar-refractivity contribution >= 4 is 27.8 Å². The molecule has 0 saturated carbocycles. The van der Waals surface area contributed by atoms with Crippen LogP contribution in [-0.2, 0) is 20.8 Å². The topological polar surface area (TPSA) is 73.8 Å². The molecule has 1 unspecified atom stereocenters. The lowest BCUT2D eigenvalue weighted by molar-refractivity contribution is -0.110. The van der Waals surface area contributed by atoms with E-state index in [1.54, 1.807) is 24.3 Å². The Balaban J connectivity index is 2.06. The van der Waals surface area contributed by atoms with Gasteiger partial charge in [0.25, 0.3) is 0 Å². The molecule has 16 heavy (non-hydrogen) atoms. The van der Waals surface area contributed by atoms with Gasteiger partial charge in [0.15, 0.2) is 6.61 Å². The van der Waals surface area contributed by atoms with Crippen LogP contribution in [-0.4, -0.2) is 27.9 Å². The van der Waals surface area contributed by atoms with Gasteiger partial charge in [0.2, 0.25) is 0 Å². The van der Waals surface area contributed by atoms with Crippen LogP contribution in [0.4, 0.5) is 5.69 Å². The van der Waals surface area contributed by atoms with Crippen molar-refractivity contribution in [2.75, 3.05) is 17.7 Å². The van der Waals surface area contributed by atoms with Crippen molar-refractivity contribution in [2.45, 2.75) is 0 Å². The third kappa shape index (κ3) is 2.53. The summed E-state index contributed by atoms with van der Waals surface area (Å²) in [5, 5.41) is 6.05. The van der Waals surface area contributed by atoms with Crippen LogP contribution in [0.5, 0.6) is 0 Å². The first kappa shape index (κ1) is 11.0. The molecule has 1 N–H and O–H groups in total. The summed E-state index contributed by atoms with van der Waals surface area (Å²) in [4.78, 5) is 16.4. The number of hydrogen-bond acceptors (Lipinski definition) is 4. The summed E-state index contributed by atoms with van der Waals surface area (Å²) in [6, 6.07) is 8.92. The molecule has 1 atom stereocenters. The lowest BCUT2D eigenvalue weighted by Gasteiger charge is -2.15. The highest BCUT2D eigenvalue weighted by Crippen LogP contribution is 2.09. The summed E-state index contributed by atoms with van der Waals surface area (Å²) in [5.41, 5.74) is 0.637. The van der Waals surface area contributed by atoms with E-state index in [1.165, 1.54) is 0 Å². The van der Waals surface area contributed by atoms with E-state index in [0.717, 1.165) is 0 Å². The molecule has 84 valence electrons. The van der Waals surface area contributed by atoms with E-state index in [0.29, 0.717) is 11.4 Å². The summed E-state index contributed by atoms with van der Waals surface area (Å²) in [5.74, 6) is -0.176. The summed E-state index contributed by atoms with van der Waals surface area (Å²) in [6.45, 7) is 0.286. The van der Waals surface area contributed by atoms with E-state index >= 15 is 0 Å². The van der Waals surface area contributed by atoms with Crippen LogP contribution in [0.15, 0.2) is 35.5 Å². The van der Waals surface area contributed by atoms with Crippen LogP contribution in [0.2, 0.25) is 0 Å². The molecule has 1 heterocycles. The minimum Gasteiger partial charge on any atom is -0.610 e. The number of carbonyl (C=O) groups excluding carboxylic acids is 1. The maximum atomic E-state index is 11.7. The number of oxime groups is 1. The fourth-order valence-corrected chi connectivity index (χ4v) is 2.02. The van der Waals surface area contributed by atoms with E-state index in [-0.39, 0.29) is 11.7 Å². The molecule has 1 aromatic carbocycles. The number of hydrogen-bond donors (Lipinski definition) is 1. The average Bonchev–Trinajstić information content (AvgIpc) is 2.31. The molecule has 0 aromatic heterocycles. The molecule has 1 amide bonds. The van der Waals surface area contributed by atoms with Crippen LogP contribution >= 0.6 is 0 Å². The highest BCUT2D eigenvalue weighted by molar-refractivity contribution is 8.08. The van der Waals surface area contributed by atoms with Crippen molar-refractivity contribution in [3.05, 3.63) is 30.3 Å². The SMILES string of the molecule is O=C(Nc1ccccc1)C1=NOCC[S+]1[O-]. The second-order valence-electron chi connectivity index (χ2n) is 3.10. The van der Waals surface area contributed by atoms with E-state index in [2.05, 4.69) is 10.5 Å². The number of para-hydroxylation sites is 1. The minimum absolute atomic E-state index is 0.0601. The van der Waals surface area contributed by atoms with Crippen molar-refractivity contribution < 1.29 is 14.2 Å². The maximum absolute atomic E-state index is 11.7. The summed E-state index contributed by atoms with van der Waals surface area (Å²) >= 11 is -1.37. The molecule has 5 nitrogen and oxygen atoms in total. The van der Waals surface area contributed by atoms with Crippen molar-refractivity contribution in [1.29, 1.82) is 0 Å². The summed E-state index contributed by atoms with van der Waals surface area (Å²) < 4.78 is 11.5. The second-order valence-corrected chi connectivity index (χ2v) is 4.59. The van der Waals surface area contributed by atoms with Crippen LogP contribution in [0.1, 0.15) is 0 Å². The first-order valence-electron chi connectivity index (χ1n) is 4.72. The van der Waals surface area contributed by atoms with Crippen LogP contribution in [0.25, 0.3) is 0 Å². The van der Waals surface area contributed by atoms with Gasteiger partial charge in [0.1, 0.15) is 5.75 Å². The zero-order valence-electron chi connectivity index (χ0n) is 8.38. The molecule has 0 fully saturated rings. The molecule has 0 aliphatic carbocycles. The number of rotatable bonds is 2. The van der Waals surface area contributed by atoms with Gasteiger partial charge in [-0.15, -0.1) is 0 Å². The van der Waals surface area contributed by atoms with E-state index in [1.807, 2.05) is 6.07 Å². The third-order valence-electron chi connectivity index (χ3n) is 1.95. The van der Waals surface area contributed by atoms with E-state index in [4.69, 9.17) is 4.84 Å². The molecule has 1 aliphatic heterocycles. The highest BCUT2D eigenvalue weighted by Gasteiger charge is 2.29. The van der Waals surface area contributed by atoms with Gasteiger partial charge in [-0.2, -0.15) is 0 Å². The van der Waals surface area contributed by atoms with Crippen molar-refractivity contribution in [1.82, 2.24) is 0 Å². The zero-order valence-corrected chi connectivity index (χ0v) is 9.20. The first-order valence-corrected chi connectivity index (χ1v) is 6.04. The average molecular weight is 238 g/mol. The Morgan fingerprint density at radius 1 is 1.44 bits per heavy atom. The van der Waals surface area contributed by atoms with Gasteiger partial charge in [-0.05, 0) is 17.3 Å². The number of carbonyl (C=O) groups is 1. The van der Waals surface area contributed by atoms with Crippen LogP contribution in [0, 0.1) is 0 Å². The molecule has 0 saturated heterocycles. The van der Waals surface area contributed by atoms with Gasteiger partial charge in [-0.1, -0.05) is 18.2 Å². The Bertz CT molecular complexity index is 408. The minimum atomic E-state index is -1.37. The fourth-order valence-electron chi connectivity index (χ4n) is 1.21. The van der Waals surface area contributed by atoms with Gasteiger partial charge in [0.05, 0.1) is 0 Å². The Kier molecular flexibility index (Phi) is 3.43. The molecule has 1 aliphatic rings. The Morgan fingerprint density at radius 3 is 2.88 bits per heavy atom.